The summed E-state index contributed by atoms with van der Waals surface area (Å²) in [6.45, 7) is 0. The molecule has 0 aliphatic rings. The van der Waals surface area contributed by atoms with Crippen molar-refractivity contribution in [3.63, 3.8) is 0 Å². The highest BCUT2D eigenvalue weighted by molar-refractivity contribution is 7.15. The number of ether oxygens (including phenoxy) is 1. The fourth-order valence-electron chi connectivity index (χ4n) is 2.78. The smallest absolute Gasteiger partial charge is 0.246 e. The van der Waals surface area contributed by atoms with E-state index in [1.165, 1.54) is 11.3 Å². The lowest BCUT2D eigenvalue weighted by molar-refractivity contribution is -0.120. The average molecular weight is 390 g/mol. The zero-order valence-corrected chi connectivity index (χ0v) is 16.0. The first-order chi connectivity index (χ1) is 13.7. The Kier molecular flexibility index (Phi) is 5.16. The number of carbonyl (C=O) groups excluding carboxylic acids is 1. The van der Waals surface area contributed by atoms with Gasteiger partial charge in [-0.15, -0.1) is 11.3 Å². The summed E-state index contributed by atoms with van der Waals surface area (Å²) in [5.41, 5.74) is 6.28. The molecule has 0 aliphatic carbocycles. The third kappa shape index (κ3) is 3.94. The van der Waals surface area contributed by atoms with E-state index in [-0.39, 0.29) is 12.3 Å². The molecule has 1 N–H and O–H groups in total. The maximum atomic E-state index is 12.2. The molecule has 7 heteroatoms. The number of amides is 1. The van der Waals surface area contributed by atoms with Crippen LogP contribution >= 0.6 is 11.3 Å². The lowest BCUT2D eigenvalue weighted by Gasteiger charge is -2.00. The standard InChI is InChI=1S/C21H18N4O2S/c1-27-18-9-7-15(8-10-18)12-22-24-20(26)11-17-14-28-21-23-19(13-25(17)21)16-5-3-2-4-6-16/h2-10,12-14H,11H2,1H3,(H,24,26)/b22-12+. The van der Waals surface area contributed by atoms with Gasteiger partial charge in [-0.3, -0.25) is 9.20 Å². The predicted octanol–water partition coefficient (Wildman–Crippen LogP) is 3.76. The lowest BCUT2D eigenvalue weighted by atomic mass is 10.2. The van der Waals surface area contributed by atoms with Gasteiger partial charge in [0.05, 0.1) is 25.4 Å². The zero-order valence-electron chi connectivity index (χ0n) is 15.2. The highest BCUT2D eigenvalue weighted by Gasteiger charge is 2.12. The van der Waals surface area contributed by atoms with Crippen LogP contribution in [0.1, 0.15) is 11.3 Å². The van der Waals surface area contributed by atoms with E-state index in [1.807, 2.05) is 70.6 Å². The van der Waals surface area contributed by atoms with Crippen LogP contribution in [0.4, 0.5) is 0 Å². The summed E-state index contributed by atoms with van der Waals surface area (Å²) >= 11 is 1.52. The molecule has 0 atom stereocenters. The number of aromatic nitrogens is 2. The van der Waals surface area contributed by atoms with Crippen molar-refractivity contribution in [2.75, 3.05) is 7.11 Å². The Hall–Kier alpha value is -3.45. The normalized spacial score (nSPS) is 11.2. The van der Waals surface area contributed by atoms with Crippen molar-refractivity contribution in [3.8, 4) is 17.0 Å². The first-order valence-corrected chi connectivity index (χ1v) is 9.58. The molecule has 140 valence electrons. The van der Waals surface area contributed by atoms with Gasteiger partial charge in [0.1, 0.15) is 5.75 Å². The number of imidazole rings is 1. The summed E-state index contributed by atoms with van der Waals surface area (Å²) in [5, 5.41) is 5.97. The molecule has 0 saturated carbocycles. The van der Waals surface area contributed by atoms with E-state index in [1.54, 1.807) is 13.3 Å². The minimum Gasteiger partial charge on any atom is -0.497 e. The highest BCUT2D eigenvalue weighted by Crippen LogP contribution is 2.23. The van der Waals surface area contributed by atoms with Crippen molar-refractivity contribution in [1.29, 1.82) is 0 Å². The minimum atomic E-state index is -0.181. The van der Waals surface area contributed by atoms with Crippen LogP contribution in [0.15, 0.2) is 71.3 Å². The Balaban J connectivity index is 1.42. The van der Waals surface area contributed by atoms with Crippen molar-refractivity contribution in [2.45, 2.75) is 6.42 Å². The van der Waals surface area contributed by atoms with E-state index in [0.29, 0.717) is 0 Å². The molecule has 0 bridgehead atoms. The summed E-state index contributed by atoms with van der Waals surface area (Å²) in [4.78, 5) is 17.7. The molecule has 2 aromatic carbocycles. The molecule has 1 amide bonds. The summed E-state index contributed by atoms with van der Waals surface area (Å²) in [6.07, 6.45) is 3.79. The molecule has 4 aromatic rings. The monoisotopic (exact) mass is 390 g/mol. The van der Waals surface area contributed by atoms with Crippen molar-refractivity contribution in [3.05, 3.63) is 77.4 Å². The van der Waals surface area contributed by atoms with E-state index in [2.05, 4.69) is 15.5 Å². The first kappa shape index (κ1) is 17.9. The number of hydrazone groups is 1. The first-order valence-electron chi connectivity index (χ1n) is 8.70. The fraction of sp³-hybridized carbons (Fsp3) is 0.0952. The van der Waals surface area contributed by atoms with Gasteiger partial charge in [0.25, 0.3) is 0 Å². The van der Waals surface area contributed by atoms with Crippen molar-refractivity contribution in [2.24, 2.45) is 5.10 Å². The Morgan fingerprint density at radius 3 is 2.75 bits per heavy atom. The Morgan fingerprint density at radius 1 is 1.21 bits per heavy atom. The Bertz CT molecular complexity index is 1110. The van der Waals surface area contributed by atoms with Gasteiger partial charge in [0.2, 0.25) is 5.91 Å². The number of nitrogens with one attached hydrogen (secondary N) is 1. The van der Waals surface area contributed by atoms with E-state index in [4.69, 9.17) is 4.74 Å². The van der Waals surface area contributed by atoms with E-state index in [9.17, 15) is 4.79 Å². The number of benzene rings is 2. The Morgan fingerprint density at radius 2 is 2.00 bits per heavy atom. The number of thiazole rings is 1. The molecule has 0 fully saturated rings. The zero-order chi connectivity index (χ0) is 19.3. The largest absolute Gasteiger partial charge is 0.497 e. The van der Waals surface area contributed by atoms with Gasteiger partial charge < -0.3 is 4.74 Å². The second-order valence-corrected chi connectivity index (χ2v) is 6.95. The number of rotatable bonds is 6. The summed E-state index contributed by atoms with van der Waals surface area (Å²) in [5.74, 6) is 0.595. The van der Waals surface area contributed by atoms with Gasteiger partial charge >= 0.3 is 0 Å². The summed E-state index contributed by atoms with van der Waals surface area (Å²) in [6, 6.07) is 17.4. The van der Waals surface area contributed by atoms with Crippen LogP contribution in [0.25, 0.3) is 16.2 Å². The number of hydrogen-bond donors (Lipinski definition) is 1. The van der Waals surface area contributed by atoms with Gasteiger partial charge in [-0.1, -0.05) is 30.3 Å². The molecule has 2 aromatic heterocycles. The van der Waals surface area contributed by atoms with E-state index < -0.39 is 0 Å². The molecule has 4 rings (SSSR count). The minimum absolute atomic E-state index is 0.181. The Labute approximate surface area is 166 Å². The van der Waals surface area contributed by atoms with Gasteiger partial charge in [-0.25, -0.2) is 10.4 Å². The van der Waals surface area contributed by atoms with Crippen LogP contribution < -0.4 is 10.2 Å². The van der Waals surface area contributed by atoms with Crippen LogP contribution in [0.5, 0.6) is 5.75 Å². The van der Waals surface area contributed by atoms with Crippen molar-refractivity contribution < 1.29 is 9.53 Å². The second-order valence-electron chi connectivity index (χ2n) is 6.11. The van der Waals surface area contributed by atoms with E-state index in [0.717, 1.165) is 33.2 Å². The number of fused-ring (bicyclic) bond motifs is 1. The van der Waals surface area contributed by atoms with Crippen molar-refractivity contribution >= 4 is 28.4 Å². The van der Waals surface area contributed by atoms with Gasteiger partial charge in [0, 0.05) is 22.8 Å². The van der Waals surface area contributed by atoms with Crippen LogP contribution in [0.2, 0.25) is 0 Å². The van der Waals surface area contributed by atoms with Crippen LogP contribution in [-0.4, -0.2) is 28.6 Å². The average Bonchev–Trinajstić information content (AvgIpc) is 3.31. The van der Waals surface area contributed by atoms with Crippen LogP contribution in [0.3, 0.4) is 0 Å². The van der Waals surface area contributed by atoms with E-state index >= 15 is 0 Å². The molecule has 2 heterocycles. The maximum absolute atomic E-state index is 12.2. The van der Waals surface area contributed by atoms with Gasteiger partial charge in [-0.05, 0) is 29.8 Å². The summed E-state index contributed by atoms with van der Waals surface area (Å²) in [7, 11) is 1.62. The molecule has 6 nitrogen and oxygen atoms in total. The van der Waals surface area contributed by atoms with Gasteiger partial charge in [-0.2, -0.15) is 5.10 Å². The molecular formula is C21H18N4O2S. The summed E-state index contributed by atoms with van der Waals surface area (Å²) < 4.78 is 7.07. The maximum Gasteiger partial charge on any atom is 0.246 e. The quantitative estimate of drug-likeness (QED) is 0.403. The highest BCUT2D eigenvalue weighted by atomic mass is 32.1. The van der Waals surface area contributed by atoms with Crippen LogP contribution in [-0.2, 0) is 11.2 Å². The van der Waals surface area contributed by atoms with Crippen molar-refractivity contribution in [1.82, 2.24) is 14.8 Å². The molecule has 28 heavy (non-hydrogen) atoms. The molecule has 0 unspecified atom stereocenters. The number of carbonyl (C=O) groups is 1. The third-order valence-corrected chi connectivity index (χ3v) is 5.10. The third-order valence-electron chi connectivity index (χ3n) is 4.21. The SMILES string of the molecule is COc1ccc(/C=N/NC(=O)Cc2csc3nc(-c4ccccc4)cn23)cc1. The lowest BCUT2D eigenvalue weighted by Crippen LogP contribution is -2.20. The van der Waals surface area contributed by atoms with Crippen LogP contribution in [0, 0.1) is 0 Å². The predicted molar refractivity (Wildman–Crippen MR) is 111 cm³/mol. The topological polar surface area (TPSA) is 68.0 Å². The molecule has 0 radical (unpaired) electrons. The molecule has 0 spiro atoms. The molecule has 0 aliphatic heterocycles. The number of nitrogens with zero attached hydrogens (tertiary/aromatic N) is 3. The second kappa shape index (κ2) is 8.06. The fourth-order valence-corrected chi connectivity index (χ4v) is 3.65. The molecule has 0 saturated heterocycles. The number of hydrogen-bond acceptors (Lipinski definition) is 5. The van der Waals surface area contributed by atoms with Gasteiger partial charge in [0.15, 0.2) is 4.96 Å². The molecular weight excluding hydrogens is 372 g/mol. The number of methoxy groups -OCH3 is 1.